The molecule has 6 rings (SSSR count). The first-order valence-corrected chi connectivity index (χ1v) is 15.1. The number of benzene rings is 3. The summed E-state index contributed by atoms with van der Waals surface area (Å²) in [6.45, 7) is 4.45. The van der Waals surface area contributed by atoms with Crippen LogP contribution in [0.15, 0.2) is 109 Å². The first-order valence-electron chi connectivity index (χ1n) is 13.8. The van der Waals surface area contributed by atoms with E-state index in [2.05, 4.69) is 135 Å². The Morgan fingerprint density at radius 2 is 1.20 bits per heavy atom. The Kier molecular flexibility index (Phi) is 12.6. The fraction of sp³-hybridized carbons (Fsp3) is 0.108. The van der Waals surface area contributed by atoms with Crippen molar-refractivity contribution in [3.8, 4) is 0 Å². The molecule has 4 heteroatoms. The third kappa shape index (κ3) is 8.39. The van der Waals surface area contributed by atoms with E-state index in [1.54, 1.807) is 0 Å². The molecule has 2 atom stereocenters. The topological polar surface area (TPSA) is 24.9 Å². The number of nitrogens with one attached hydrogen (secondary N) is 1. The zero-order valence-electron chi connectivity index (χ0n) is 23.4. The van der Waals surface area contributed by atoms with E-state index in [-0.39, 0.29) is 29.2 Å². The summed E-state index contributed by atoms with van der Waals surface area (Å²) in [6.07, 6.45) is 18.7. The number of aryl methyl sites for hydroxylation is 1. The van der Waals surface area contributed by atoms with Gasteiger partial charge in [0.25, 0.3) is 0 Å². The van der Waals surface area contributed by atoms with Crippen molar-refractivity contribution in [2.75, 3.05) is 0 Å². The second kappa shape index (κ2) is 16.4. The van der Waals surface area contributed by atoms with Crippen LogP contribution < -0.4 is 15.9 Å². The minimum atomic E-state index is -0.658. The van der Waals surface area contributed by atoms with E-state index in [9.17, 15) is 0 Å². The number of rotatable bonds is 8. The van der Waals surface area contributed by atoms with Crippen LogP contribution in [0.5, 0.6) is 0 Å². The number of nitrogens with zero attached hydrogens (tertiary/aromatic N) is 1. The summed E-state index contributed by atoms with van der Waals surface area (Å²) in [5, 5.41) is 6.68. The van der Waals surface area contributed by atoms with E-state index in [0.29, 0.717) is 0 Å². The maximum absolute atomic E-state index is 4.73. The van der Waals surface area contributed by atoms with Crippen molar-refractivity contribution < 1.29 is 17.1 Å². The standard InChI is InChI=1S/C32H30N2P.C5H5.Fe/c1-24-14-9-10-19-28(24)32(30-21-11-12-23-33-30)34-25(2)29-20-13-22-31(29)35(26-15-5-3-6-16-26)27-17-7-4-8-18-27;1-2-4-5-3-1;/h3-23,25,32,34H,1-2H3;1-5H;/t25-,32-;;/m1../s1. The maximum Gasteiger partial charge on any atom is 0.0756 e. The molecule has 2 aliphatic rings. The molecule has 206 valence electrons. The zero-order valence-corrected chi connectivity index (χ0v) is 25.4. The number of hydrogen-bond acceptors (Lipinski definition) is 2. The monoisotopic (exact) mass is 594 g/mol. The van der Waals surface area contributed by atoms with E-state index in [4.69, 9.17) is 4.98 Å². The summed E-state index contributed by atoms with van der Waals surface area (Å²) in [7, 11) is -0.658. The molecule has 0 aliphatic heterocycles. The van der Waals surface area contributed by atoms with Crippen molar-refractivity contribution in [2.24, 2.45) is 0 Å². The van der Waals surface area contributed by atoms with Gasteiger partial charge in [-0.1, -0.05) is 91.0 Å². The van der Waals surface area contributed by atoms with Crippen LogP contribution in [0.1, 0.15) is 29.8 Å². The molecule has 3 aromatic carbocycles. The van der Waals surface area contributed by atoms with Crippen molar-refractivity contribution in [1.82, 2.24) is 10.3 Å². The Morgan fingerprint density at radius 1 is 0.634 bits per heavy atom. The van der Waals surface area contributed by atoms with Gasteiger partial charge in [0.1, 0.15) is 0 Å². The van der Waals surface area contributed by atoms with E-state index in [0.717, 1.165) is 5.69 Å². The third-order valence-corrected chi connectivity index (χ3v) is 9.54. The molecule has 0 unspecified atom stereocenters. The van der Waals surface area contributed by atoms with Gasteiger partial charge in [-0.15, -0.1) is 0 Å². The summed E-state index contributed by atoms with van der Waals surface area (Å²) in [5.74, 6) is 1.35. The van der Waals surface area contributed by atoms with E-state index >= 15 is 0 Å². The van der Waals surface area contributed by atoms with Crippen LogP contribution >= 0.6 is 7.92 Å². The van der Waals surface area contributed by atoms with Gasteiger partial charge >= 0.3 is 0 Å². The van der Waals surface area contributed by atoms with Crippen molar-refractivity contribution in [3.05, 3.63) is 189 Å². The molecule has 2 aliphatic carbocycles. The second-order valence-electron chi connectivity index (χ2n) is 9.77. The Labute approximate surface area is 260 Å². The zero-order chi connectivity index (χ0) is 27.6. The fourth-order valence-electron chi connectivity index (χ4n) is 5.03. The number of pyridine rings is 1. The summed E-state index contributed by atoms with van der Waals surface area (Å²) >= 11 is 0. The van der Waals surface area contributed by atoms with Crippen LogP contribution in [0.2, 0.25) is 0 Å². The first-order chi connectivity index (χ1) is 19.7. The molecular formula is C37H35FeN2P. The molecule has 1 N–H and O–H groups in total. The predicted molar refractivity (Wildman–Crippen MR) is 170 cm³/mol. The fourth-order valence-corrected chi connectivity index (χ4v) is 7.58. The Hall–Kier alpha value is -2.28. The largest absolute Gasteiger partial charge is 0.302 e. The molecule has 0 bridgehead atoms. The SMILES string of the molecule is Cc1ccccc1[C@@H](N[C@H](C)[C]1[CH][CH][CH][C]1P(c1ccccc1)c1ccccc1)c1ccccn1.[CH]1[CH][CH][CH][CH]1.[Fe]. The van der Waals surface area contributed by atoms with Gasteiger partial charge in [-0.3, -0.25) is 4.98 Å². The van der Waals surface area contributed by atoms with Gasteiger partial charge in [0, 0.05) is 40.9 Å². The Bertz CT molecular complexity index is 1230. The van der Waals surface area contributed by atoms with Crippen molar-refractivity contribution in [1.29, 1.82) is 0 Å². The van der Waals surface area contributed by atoms with Gasteiger partial charge < -0.3 is 5.32 Å². The molecule has 0 saturated heterocycles. The molecule has 2 nitrogen and oxygen atoms in total. The molecule has 1 aromatic heterocycles. The van der Waals surface area contributed by atoms with Crippen LogP contribution in [-0.4, -0.2) is 11.0 Å². The predicted octanol–water partition coefficient (Wildman–Crippen LogP) is 7.34. The number of hydrogen-bond donors (Lipinski definition) is 1. The molecule has 1 heterocycles. The average molecular weight is 595 g/mol. The minimum Gasteiger partial charge on any atom is -0.302 e. The Morgan fingerprint density at radius 3 is 1.76 bits per heavy atom. The van der Waals surface area contributed by atoms with Gasteiger partial charge in [-0.2, -0.15) is 0 Å². The summed E-state index contributed by atoms with van der Waals surface area (Å²) in [5.41, 5.74) is 4.97. The summed E-state index contributed by atoms with van der Waals surface area (Å²) in [4.78, 5) is 4.73. The van der Waals surface area contributed by atoms with E-state index in [1.807, 2.05) is 44.4 Å². The molecule has 0 spiro atoms. The molecule has 0 amide bonds. The second-order valence-corrected chi connectivity index (χ2v) is 12.0. The van der Waals surface area contributed by atoms with Gasteiger partial charge in [-0.25, -0.2) is 0 Å². The Balaban J connectivity index is 0.000000584. The molecule has 4 aromatic rings. The van der Waals surface area contributed by atoms with Crippen LogP contribution in [0.3, 0.4) is 0 Å². The number of aromatic nitrogens is 1. The van der Waals surface area contributed by atoms with Gasteiger partial charge in [-0.05, 0) is 107 Å². The van der Waals surface area contributed by atoms with Gasteiger partial charge in [0.2, 0.25) is 0 Å². The summed E-state index contributed by atoms with van der Waals surface area (Å²) in [6, 6.07) is 36.7. The van der Waals surface area contributed by atoms with Crippen molar-refractivity contribution in [2.45, 2.75) is 25.9 Å². The van der Waals surface area contributed by atoms with Crippen LogP contribution in [0, 0.1) is 69.9 Å². The normalized spacial score (nSPS) is 17.0. The molecule has 2 fully saturated rings. The third-order valence-electron chi connectivity index (χ3n) is 7.02. The van der Waals surface area contributed by atoms with Gasteiger partial charge in [0.15, 0.2) is 0 Å². The van der Waals surface area contributed by atoms with Crippen LogP contribution in [0.25, 0.3) is 0 Å². The van der Waals surface area contributed by atoms with Crippen molar-refractivity contribution in [3.63, 3.8) is 0 Å². The molecule has 41 heavy (non-hydrogen) atoms. The van der Waals surface area contributed by atoms with Gasteiger partial charge in [0.05, 0.1) is 11.7 Å². The van der Waals surface area contributed by atoms with E-state index < -0.39 is 7.92 Å². The van der Waals surface area contributed by atoms with Crippen LogP contribution in [0.4, 0.5) is 0 Å². The minimum absolute atomic E-state index is 0. The average Bonchev–Trinajstić information content (AvgIpc) is 3.75. The maximum atomic E-state index is 4.73. The summed E-state index contributed by atoms with van der Waals surface area (Å²) < 4.78 is 0. The van der Waals surface area contributed by atoms with E-state index in [1.165, 1.54) is 33.3 Å². The molecule has 2 saturated carbocycles. The van der Waals surface area contributed by atoms with Crippen molar-refractivity contribution >= 4 is 18.5 Å². The first kappa shape index (κ1) is 31.7. The smallest absolute Gasteiger partial charge is 0.0756 e. The molecular weight excluding hydrogens is 559 g/mol. The van der Waals surface area contributed by atoms with Crippen LogP contribution in [-0.2, 0) is 17.1 Å². The molecule has 10 radical (unpaired) electrons. The quantitative estimate of drug-likeness (QED) is 0.171.